The highest BCUT2D eigenvalue weighted by molar-refractivity contribution is 6.13. The fourth-order valence-electron chi connectivity index (χ4n) is 9.48. The summed E-state index contributed by atoms with van der Waals surface area (Å²) in [5, 5.41) is 4.72. The number of nitrogens with zero attached hydrogens (tertiary/aromatic N) is 5. The number of para-hydroxylation sites is 4. The molecule has 0 N–H and O–H groups in total. The van der Waals surface area contributed by atoms with E-state index in [-0.39, 0.29) is 0 Å². The summed E-state index contributed by atoms with van der Waals surface area (Å²) in [4.78, 5) is 14.3. The Labute approximate surface area is 370 Å². The van der Waals surface area contributed by atoms with Gasteiger partial charge in [0.05, 0.1) is 51.4 Å². The van der Waals surface area contributed by atoms with E-state index in [1.807, 2.05) is 48.5 Å². The van der Waals surface area contributed by atoms with Gasteiger partial charge in [-0.1, -0.05) is 176 Å². The van der Waals surface area contributed by atoms with Crippen molar-refractivity contribution in [3.05, 3.63) is 236 Å². The Morgan fingerprint density at radius 2 is 0.844 bits per heavy atom. The number of aromatic nitrogens is 4. The topological polar surface area (TPSA) is 40.0 Å². The lowest BCUT2D eigenvalue weighted by Crippen LogP contribution is -2.04. The fraction of sp³-hybridized carbons (Fsp3) is 0. The molecule has 64 heavy (non-hydrogen) atoms. The number of fused-ring (bicyclic) bond motifs is 6. The molecule has 0 spiro atoms. The Kier molecular flexibility index (Phi) is 8.81. The van der Waals surface area contributed by atoms with E-state index < -0.39 is 0 Å². The molecule has 5 nitrogen and oxygen atoms in total. The summed E-state index contributed by atoms with van der Waals surface area (Å²) in [6.45, 7) is 7.49. The van der Waals surface area contributed by atoms with Crippen molar-refractivity contribution in [2.75, 3.05) is 0 Å². The average Bonchev–Trinajstić information content (AvgIpc) is 3.89. The molecule has 0 aliphatic carbocycles. The molecule has 0 saturated carbocycles. The highest BCUT2D eigenvalue weighted by Crippen LogP contribution is 2.45. The zero-order chi connectivity index (χ0) is 42.6. The summed E-state index contributed by atoms with van der Waals surface area (Å²) >= 11 is 0. The molecule has 0 atom stereocenters. The van der Waals surface area contributed by atoms with Crippen molar-refractivity contribution in [3.8, 4) is 67.5 Å². The maximum atomic E-state index is 7.49. The first-order chi connectivity index (χ1) is 31.7. The quantitative estimate of drug-likeness (QED) is 0.150. The lowest BCUT2D eigenvalue weighted by atomic mass is 9.93. The predicted octanol–water partition coefficient (Wildman–Crippen LogP) is 15.6. The first-order valence-electron chi connectivity index (χ1n) is 21.4. The van der Waals surface area contributed by atoms with E-state index in [2.05, 4.69) is 190 Å². The Balaban J connectivity index is 1.19. The molecule has 298 valence electrons. The van der Waals surface area contributed by atoms with Gasteiger partial charge in [-0.15, -0.1) is 0 Å². The van der Waals surface area contributed by atoms with Crippen LogP contribution in [0.3, 0.4) is 0 Å². The molecule has 9 aromatic carbocycles. The zero-order valence-corrected chi connectivity index (χ0v) is 34.6. The summed E-state index contributed by atoms with van der Waals surface area (Å²) in [7, 11) is 0. The van der Waals surface area contributed by atoms with Crippen LogP contribution in [0.5, 0.6) is 0 Å². The molecule has 12 aromatic rings. The normalized spacial score (nSPS) is 11.4. The van der Waals surface area contributed by atoms with Crippen LogP contribution in [0.25, 0.3) is 116 Å². The number of hydrogen-bond donors (Lipinski definition) is 0. The van der Waals surface area contributed by atoms with Crippen LogP contribution >= 0.6 is 0 Å². The molecule has 5 heteroatoms. The first-order valence-corrected chi connectivity index (χ1v) is 21.4. The largest absolute Gasteiger partial charge is 0.309 e. The Hall–Kier alpha value is -8.85. The zero-order valence-electron chi connectivity index (χ0n) is 34.6. The second-order valence-electron chi connectivity index (χ2n) is 16.0. The van der Waals surface area contributed by atoms with Gasteiger partial charge in [0.25, 0.3) is 0 Å². The SMILES string of the molecule is [C-]#[N+]c1ccc(-c2ccc3c(c2)c2ccccc2n3-c2cccc(-c3cc(-c4ccccc4)nc(-c4ccccc4)n3)c2-c2ccccc2-n2c3ccccc3c3ccccc32)cc1. The number of benzene rings is 9. The molecule has 12 rings (SSSR count). The predicted molar refractivity (Wildman–Crippen MR) is 264 cm³/mol. The molecule has 0 aliphatic heterocycles. The van der Waals surface area contributed by atoms with E-state index in [9.17, 15) is 0 Å². The van der Waals surface area contributed by atoms with Crippen LogP contribution < -0.4 is 0 Å². The second-order valence-corrected chi connectivity index (χ2v) is 16.0. The van der Waals surface area contributed by atoms with Crippen molar-refractivity contribution < 1.29 is 0 Å². The standard InChI is InChI=1S/C59H37N5/c1-60-43-34-31-39(32-35-43)42-33-36-56-49(37-42)46-23-10-14-28-54(46)64(56)57-30-16-25-47(51-38-50(40-17-4-2-5-18-40)61-59(62-51)41-19-6-3-7-20-41)58(57)48-24-11-15-29-55(48)63-52-26-12-8-21-44(52)45-22-9-13-27-53(45)63/h2-38H. The molecule has 0 unspecified atom stereocenters. The van der Waals surface area contributed by atoms with E-state index >= 15 is 0 Å². The molecule has 3 heterocycles. The highest BCUT2D eigenvalue weighted by atomic mass is 15.0. The van der Waals surface area contributed by atoms with Crippen LogP contribution in [-0.4, -0.2) is 19.1 Å². The van der Waals surface area contributed by atoms with Gasteiger partial charge in [0.2, 0.25) is 0 Å². The van der Waals surface area contributed by atoms with E-state index in [4.69, 9.17) is 16.5 Å². The van der Waals surface area contributed by atoms with Crippen LogP contribution in [-0.2, 0) is 0 Å². The number of rotatable bonds is 7. The van der Waals surface area contributed by atoms with Gasteiger partial charge in [-0.25, -0.2) is 14.8 Å². The molecule has 0 radical (unpaired) electrons. The second kappa shape index (κ2) is 15.3. The third-order valence-corrected chi connectivity index (χ3v) is 12.4. The van der Waals surface area contributed by atoms with Gasteiger partial charge in [0.15, 0.2) is 11.5 Å². The van der Waals surface area contributed by atoms with Gasteiger partial charge in [-0.3, -0.25) is 0 Å². The van der Waals surface area contributed by atoms with E-state index in [0.717, 1.165) is 94.5 Å². The Bertz CT molecular complexity index is 3670. The van der Waals surface area contributed by atoms with E-state index in [1.165, 1.54) is 10.8 Å². The van der Waals surface area contributed by atoms with Crippen molar-refractivity contribution in [1.82, 2.24) is 19.1 Å². The highest BCUT2D eigenvalue weighted by Gasteiger charge is 2.24. The van der Waals surface area contributed by atoms with Gasteiger partial charge in [0.1, 0.15) is 0 Å². The van der Waals surface area contributed by atoms with Crippen LogP contribution in [0.2, 0.25) is 0 Å². The molecular formula is C59H37N5. The van der Waals surface area contributed by atoms with Gasteiger partial charge in [-0.05, 0) is 59.7 Å². The van der Waals surface area contributed by atoms with Gasteiger partial charge in [-0.2, -0.15) is 0 Å². The van der Waals surface area contributed by atoms with Crippen molar-refractivity contribution in [1.29, 1.82) is 0 Å². The molecule has 0 aliphatic rings. The summed E-state index contributed by atoms with van der Waals surface area (Å²) in [6, 6.07) is 78.9. The monoisotopic (exact) mass is 815 g/mol. The maximum absolute atomic E-state index is 7.49. The molecule has 3 aromatic heterocycles. The number of hydrogen-bond acceptors (Lipinski definition) is 2. The summed E-state index contributed by atoms with van der Waals surface area (Å²) in [6.07, 6.45) is 0. The van der Waals surface area contributed by atoms with Gasteiger partial charge >= 0.3 is 0 Å². The lowest BCUT2D eigenvalue weighted by Gasteiger charge is -2.22. The molecule has 0 fully saturated rings. The van der Waals surface area contributed by atoms with Crippen LogP contribution in [0.4, 0.5) is 5.69 Å². The summed E-state index contributed by atoms with van der Waals surface area (Å²) < 4.78 is 4.85. The Morgan fingerprint density at radius 3 is 1.52 bits per heavy atom. The van der Waals surface area contributed by atoms with Crippen molar-refractivity contribution in [2.45, 2.75) is 0 Å². The Morgan fingerprint density at radius 1 is 0.344 bits per heavy atom. The third-order valence-electron chi connectivity index (χ3n) is 12.4. The molecule has 0 bridgehead atoms. The smallest absolute Gasteiger partial charge is 0.187 e. The van der Waals surface area contributed by atoms with Crippen LogP contribution in [0.15, 0.2) is 224 Å². The van der Waals surface area contributed by atoms with E-state index in [0.29, 0.717) is 11.5 Å². The van der Waals surface area contributed by atoms with E-state index in [1.54, 1.807) is 0 Å². The van der Waals surface area contributed by atoms with Crippen LogP contribution in [0.1, 0.15) is 0 Å². The average molecular weight is 816 g/mol. The van der Waals surface area contributed by atoms with Crippen molar-refractivity contribution in [2.24, 2.45) is 0 Å². The first kappa shape index (κ1) is 37.0. The van der Waals surface area contributed by atoms with Crippen molar-refractivity contribution in [3.63, 3.8) is 0 Å². The summed E-state index contributed by atoms with van der Waals surface area (Å²) in [5.74, 6) is 0.665. The minimum Gasteiger partial charge on any atom is -0.309 e. The maximum Gasteiger partial charge on any atom is 0.187 e. The lowest BCUT2D eigenvalue weighted by molar-refractivity contribution is 1.15. The molecule has 0 saturated heterocycles. The fourth-order valence-corrected chi connectivity index (χ4v) is 9.48. The molecule has 0 amide bonds. The third kappa shape index (κ3) is 6.08. The minimum absolute atomic E-state index is 0.630. The van der Waals surface area contributed by atoms with Gasteiger partial charge < -0.3 is 9.13 Å². The summed E-state index contributed by atoms with van der Waals surface area (Å²) in [5.41, 5.74) is 16.1. The van der Waals surface area contributed by atoms with Crippen LogP contribution in [0, 0.1) is 6.57 Å². The van der Waals surface area contributed by atoms with Gasteiger partial charge in [0, 0.05) is 49.4 Å². The molecular weight excluding hydrogens is 779 g/mol. The minimum atomic E-state index is 0.630. The van der Waals surface area contributed by atoms with Crippen molar-refractivity contribution >= 4 is 49.3 Å².